The van der Waals surface area contributed by atoms with Gasteiger partial charge in [-0.25, -0.2) is 4.98 Å². The van der Waals surface area contributed by atoms with E-state index in [1.165, 1.54) is 11.3 Å². The van der Waals surface area contributed by atoms with Crippen LogP contribution in [-0.2, 0) is 24.2 Å². The van der Waals surface area contributed by atoms with Gasteiger partial charge < -0.3 is 14.8 Å². The number of nitrogens with one attached hydrogen (secondary N) is 1. The van der Waals surface area contributed by atoms with Crippen molar-refractivity contribution in [2.24, 2.45) is 0 Å². The van der Waals surface area contributed by atoms with Crippen LogP contribution in [0.1, 0.15) is 16.1 Å². The van der Waals surface area contributed by atoms with E-state index in [0.717, 1.165) is 35.8 Å². The molecule has 1 aliphatic rings. The number of hydrogen-bond acceptors (Lipinski definition) is 4. The molecule has 4 rings (SSSR count). The number of H-pyrrole nitrogens is 1. The summed E-state index contributed by atoms with van der Waals surface area (Å²) in [5, 5.41) is 2.01. The molecule has 5 nitrogen and oxygen atoms in total. The molecule has 128 valence electrons. The number of anilines is 2. The van der Waals surface area contributed by atoms with Crippen LogP contribution in [0.5, 0.6) is 0 Å². The number of hydrogen-bond donors (Lipinski definition) is 1. The van der Waals surface area contributed by atoms with Crippen LogP contribution in [0.3, 0.4) is 0 Å². The zero-order valence-electron chi connectivity index (χ0n) is 14.1. The predicted octanol–water partition coefficient (Wildman–Crippen LogP) is 3.24. The first kappa shape index (κ1) is 15.9. The van der Waals surface area contributed by atoms with Gasteiger partial charge in [0.15, 0.2) is 0 Å². The molecule has 0 aliphatic carbocycles. The first-order chi connectivity index (χ1) is 12.2. The maximum absolute atomic E-state index is 12.6. The third kappa shape index (κ3) is 3.30. The molecule has 0 bridgehead atoms. The molecular weight excluding hydrogens is 332 g/mol. The Kier molecular flexibility index (Phi) is 4.28. The average molecular weight is 352 g/mol. The third-order valence-corrected chi connectivity index (χ3v) is 5.52. The van der Waals surface area contributed by atoms with Crippen molar-refractivity contribution in [1.29, 1.82) is 0 Å². The summed E-state index contributed by atoms with van der Waals surface area (Å²) >= 11 is 1.62. The van der Waals surface area contributed by atoms with Crippen molar-refractivity contribution in [2.45, 2.75) is 19.4 Å². The highest BCUT2D eigenvalue weighted by molar-refractivity contribution is 7.10. The first-order valence-electron chi connectivity index (χ1n) is 8.35. The zero-order valence-corrected chi connectivity index (χ0v) is 14.9. The highest BCUT2D eigenvalue weighted by atomic mass is 32.1. The molecule has 3 heterocycles. The van der Waals surface area contributed by atoms with Gasteiger partial charge in [-0.2, -0.15) is 0 Å². The topological polar surface area (TPSA) is 52.2 Å². The maximum atomic E-state index is 12.6. The van der Waals surface area contributed by atoms with E-state index in [4.69, 9.17) is 0 Å². The smallest absolute Gasteiger partial charge is 0.231 e. The van der Waals surface area contributed by atoms with Gasteiger partial charge in [-0.3, -0.25) is 4.79 Å². The number of carbonyl (C=O) groups is 1. The molecule has 0 unspecified atom stereocenters. The van der Waals surface area contributed by atoms with Crippen molar-refractivity contribution >= 4 is 28.6 Å². The zero-order chi connectivity index (χ0) is 17.2. The van der Waals surface area contributed by atoms with E-state index in [0.29, 0.717) is 6.42 Å². The van der Waals surface area contributed by atoms with Crippen LogP contribution in [0.15, 0.2) is 48.2 Å². The Labute approximate surface area is 150 Å². The van der Waals surface area contributed by atoms with E-state index in [9.17, 15) is 4.79 Å². The van der Waals surface area contributed by atoms with Gasteiger partial charge in [0.2, 0.25) is 5.91 Å². The number of nitrogens with zero attached hydrogens (tertiary/aromatic N) is 3. The molecule has 3 aromatic rings. The number of rotatable bonds is 5. The summed E-state index contributed by atoms with van der Waals surface area (Å²) in [6.45, 7) is 1.80. The number of fused-ring (bicyclic) bond motifs is 1. The molecule has 0 atom stereocenters. The highest BCUT2D eigenvalue weighted by Crippen LogP contribution is 2.33. The number of carbonyl (C=O) groups excluding carboxylic acids is 1. The Morgan fingerprint density at radius 1 is 1.40 bits per heavy atom. The first-order valence-corrected chi connectivity index (χ1v) is 9.23. The summed E-state index contributed by atoms with van der Waals surface area (Å²) in [4.78, 5) is 25.0. The summed E-state index contributed by atoms with van der Waals surface area (Å²) in [6, 6.07) is 10.3. The molecule has 1 amide bonds. The standard InChI is InChI=1S/C19H20N4OS/c1-22(19(24)10-17-3-2-8-25-17)16-5-4-14-6-7-23(18(14)9-16)12-15-11-20-13-21-15/h2-5,8-9,11,13H,6-7,10,12H2,1H3,(H,20,21). The Balaban J connectivity index is 1.52. The highest BCUT2D eigenvalue weighted by Gasteiger charge is 2.22. The maximum Gasteiger partial charge on any atom is 0.231 e. The van der Waals surface area contributed by atoms with E-state index in [1.54, 1.807) is 22.6 Å². The Hall–Kier alpha value is -2.60. The van der Waals surface area contributed by atoms with Crippen LogP contribution in [0.2, 0.25) is 0 Å². The average Bonchev–Trinajstić information content (AvgIpc) is 3.37. The van der Waals surface area contributed by atoms with Gasteiger partial charge in [0.05, 0.1) is 25.0 Å². The number of thiophene rings is 1. The van der Waals surface area contributed by atoms with Crippen LogP contribution in [0.25, 0.3) is 0 Å². The van der Waals surface area contributed by atoms with Crippen molar-refractivity contribution in [2.75, 3.05) is 23.4 Å². The molecule has 25 heavy (non-hydrogen) atoms. The molecule has 1 N–H and O–H groups in total. The second kappa shape index (κ2) is 6.72. The molecule has 1 aliphatic heterocycles. The second-order valence-corrected chi connectivity index (χ2v) is 7.30. The van der Waals surface area contributed by atoms with Crippen molar-refractivity contribution in [3.05, 3.63) is 64.4 Å². The Morgan fingerprint density at radius 3 is 3.08 bits per heavy atom. The molecule has 0 fully saturated rings. The lowest BCUT2D eigenvalue weighted by atomic mass is 10.1. The van der Waals surface area contributed by atoms with Gasteiger partial charge in [0.1, 0.15) is 0 Å². The van der Waals surface area contributed by atoms with Crippen LogP contribution < -0.4 is 9.80 Å². The molecule has 0 radical (unpaired) electrons. The van der Waals surface area contributed by atoms with Gasteiger partial charge in [-0.05, 0) is 35.6 Å². The van der Waals surface area contributed by atoms with Crippen LogP contribution >= 0.6 is 11.3 Å². The summed E-state index contributed by atoms with van der Waals surface area (Å²) in [6.07, 6.45) is 5.05. The summed E-state index contributed by atoms with van der Waals surface area (Å²) in [5.74, 6) is 0.112. The van der Waals surface area contributed by atoms with Crippen molar-refractivity contribution in [3.8, 4) is 0 Å². The number of likely N-dealkylation sites (N-methyl/N-ethyl adjacent to an activating group) is 1. The number of amides is 1. The summed E-state index contributed by atoms with van der Waals surface area (Å²) < 4.78 is 0. The summed E-state index contributed by atoms with van der Waals surface area (Å²) in [7, 11) is 1.85. The third-order valence-electron chi connectivity index (χ3n) is 4.64. The Morgan fingerprint density at radius 2 is 2.32 bits per heavy atom. The lowest BCUT2D eigenvalue weighted by molar-refractivity contribution is -0.117. The lowest BCUT2D eigenvalue weighted by Gasteiger charge is -2.22. The molecular formula is C19H20N4OS. The van der Waals surface area contributed by atoms with Crippen molar-refractivity contribution < 1.29 is 4.79 Å². The van der Waals surface area contributed by atoms with Gasteiger partial charge in [0.25, 0.3) is 0 Å². The van der Waals surface area contributed by atoms with Crippen LogP contribution in [0.4, 0.5) is 11.4 Å². The van der Waals surface area contributed by atoms with Gasteiger partial charge >= 0.3 is 0 Å². The molecule has 1 aromatic carbocycles. The fourth-order valence-electron chi connectivity index (χ4n) is 3.21. The predicted molar refractivity (Wildman–Crippen MR) is 101 cm³/mol. The molecule has 0 saturated heterocycles. The van der Waals surface area contributed by atoms with Crippen molar-refractivity contribution in [1.82, 2.24) is 9.97 Å². The normalized spacial score (nSPS) is 13.1. The molecule has 6 heteroatoms. The monoisotopic (exact) mass is 352 g/mol. The fourth-order valence-corrected chi connectivity index (χ4v) is 3.90. The lowest BCUT2D eigenvalue weighted by Crippen LogP contribution is -2.28. The SMILES string of the molecule is CN(C(=O)Cc1cccs1)c1ccc2c(c1)N(Cc1cnc[nH]1)CC2. The minimum Gasteiger partial charge on any atom is -0.365 e. The number of aromatic amines is 1. The fraction of sp³-hybridized carbons (Fsp3) is 0.263. The summed E-state index contributed by atoms with van der Waals surface area (Å²) in [5.41, 5.74) is 4.59. The van der Waals surface area contributed by atoms with E-state index < -0.39 is 0 Å². The van der Waals surface area contributed by atoms with E-state index in [1.807, 2.05) is 36.8 Å². The largest absolute Gasteiger partial charge is 0.365 e. The molecule has 0 saturated carbocycles. The number of aromatic nitrogens is 2. The van der Waals surface area contributed by atoms with Crippen LogP contribution in [-0.4, -0.2) is 29.5 Å². The molecule has 2 aromatic heterocycles. The van der Waals surface area contributed by atoms with Crippen molar-refractivity contribution in [3.63, 3.8) is 0 Å². The van der Waals surface area contributed by atoms with E-state index >= 15 is 0 Å². The second-order valence-electron chi connectivity index (χ2n) is 6.27. The van der Waals surface area contributed by atoms with E-state index in [-0.39, 0.29) is 5.91 Å². The molecule has 0 spiro atoms. The van der Waals surface area contributed by atoms with Gasteiger partial charge in [-0.15, -0.1) is 11.3 Å². The van der Waals surface area contributed by atoms with Crippen LogP contribution in [0, 0.1) is 0 Å². The van der Waals surface area contributed by atoms with E-state index in [2.05, 4.69) is 27.0 Å². The van der Waals surface area contributed by atoms with Gasteiger partial charge in [0, 0.05) is 36.0 Å². The number of benzene rings is 1. The van der Waals surface area contributed by atoms with Gasteiger partial charge in [-0.1, -0.05) is 12.1 Å². The quantitative estimate of drug-likeness (QED) is 0.767. The number of imidazole rings is 1. The Bertz CT molecular complexity index is 858. The minimum absolute atomic E-state index is 0.112. The minimum atomic E-state index is 0.112.